The number of aryl methyl sites for hydroxylation is 1. The Hall–Kier alpha value is -5.23. The fraction of sp³-hybridized carbons (Fsp3) is 0.188. The van der Waals surface area contributed by atoms with Gasteiger partial charge in [-0.25, -0.2) is 18.2 Å². The number of pyridine rings is 1. The molecular formula is C32H28N4O7S. The number of ether oxygens (including phenoxy) is 2. The summed E-state index contributed by atoms with van der Waals surface area (Å²) < 4.78 is 38.4. The molecule has 5 aromatic rings. The van der Waals surface area contributed by atoms with Gasteiger partial charge < -0.3 is 19.4 Å². The van der Waals surface area contributed by atoms with Crippen LogP contribution in [0.25, 0.3) is 21.8 Å². The van der Waals surface area contributed by atoms with Crippen LogP contribution in [0.4, 0.5) is 5.69 Å². The maximum atomic E-state index is 14.2. The van der Waals surface area contributed by atoms with E-state index < -0.39 is 39.5 Å². The summed E-state index contributed by atoms with van der Waals surface area (Å²) in [5.74, 6) is -2.16. The van der Waals surface area contributed by atoms with Gasteiger partial charge >= 0.3 is 5.97 Å². The average Bonchev–Trinajstić information content (AvgIpc) is 3.27. The van der Waals surface area contributed by atoms with E-state index in [1.54, 1.807) is 47.0 Å². The van der Waals surface area contributed by atoms with Gasteiger partial charge in [-0.2, -0.15) is 0 Å². The van der Waals surface area contributed by atoms with Crippen LogP contribution < -0.4 is 15.0 Å². The monoisotopic (exact) mass is 612 g/mol. The molecule has 2 aromatic heterocycles. The molecule has 0 fully saturated rings. The normalized spacial score (nSPS) is 14.8. The predicted octanol–water partition coefficient (Wildman–Crippen LogP) is 3.93. The van der Waals surface area contributed by atoms with Gasteiger partial charge in [0.2, 0.25) is 11.8 Å². The zero-order chi connectivity index (χ0) is 31.2. The van der Waals surface area contributed by atoms with E-state index in [1.165, 1.54) is 31.3 Å². The molecule has 224 valence electrons. The SMILES string of the molecule is COC(=O)c1cc2c3ccccc3n3c2c(n1)C(C(=O)NCS(=O)(=O)c1ccc(C)cc1)N(c1ccc(OC)cc1)C(=O)C3. The molecule has 1 unspecified atom stereocenters. The van der Waals surface area contributed by atoms with Crippen LogP contribution in [0.1, 0.15) is 27.8 Å². The predicted molar refractivity (Wildman–Crippen MR) is 163 cm³/mol. The topological polar surface area (TPSA) is 137 Å². The second-order valence-electron chi connectivity index (χ2n) is 10.4. The van der Waals surface area contributed by atoms with Crippen LogP contribution in [0.5, 0.6) is 5.75 Å². The highest BCUT2D eigenvalue weighted by molar-refractivity contribution is 7.91. The molecular weight excluding hydrogens is 584 g/mol. The van der Waals surface area contributed by atoms with E-state index in [0.717, 1.165) is 10.9 Å². The van der Waals surface area contributed by atoms with Crippen molar-refractivity contribution in [2.24, 2.45) is 0 Å². The molecule has 0 spiro atoms. The second kappa shape index (κ2) is 11.1. The van der Waals surface area contributed by atoms with Crippen LogP contribution in [-0.2, 0) is 30.7 Å². The summed E-state index contributed by atoms with van der Waals surface area (Å²) in [6.07, 6.45) is 0. The van der Waals surface area contributed by atoms with Crippen molar-refractivity contribution in [1.82, 2.24) is 14.9 Å². The summed E-state index contributed by atoms with van der Waals surface area (Å²) in [6.45, 7) is 1.69. The number of para-hydroxylation sites is 1. The van der Waals surface area contributed by atoms with Gasteiger partial charge in [-0.15, -0.1) is 0 Å². The number of methoxy groups -OCH3 is 2. The molecule has 3 heterocycles. The third-order valence-electron chi connectivity index (χ3n) is 7.66. The fourth-order valence-electron chi connectivity index (χ4n) is 5.52. The Morgan fingerprint density at radius 2 is 1.68 bits per heavy atom. The summed E-state index contributed by atoms with van der Waals surface area (Å²) in [5, 5.41) is 3.89. The summed E-state index contributed by atoms with van der Waals surface area (Å²) in [7, 11) is -1.20. The molecule has 1 aliphatic heterocycles. The summed E-state index contributed by atoms with van der Waals surface area (Å²) in [4.78, 5) is 47.0. The molecule has 11 nitrogen and oxygen atoms in total. The Bertz CT molecular complexity index is 2050. The van der Waals surface area contributed by atoms with Crippen LogP contribution in [-0.4, -0.2) is 55.8 Å². The lowest BCUT2D eigenvalue weighted by Crippen LogP contribution is -2.45. The van der Waals surface area contributed by atoms with Crippen LogP contribution in [0.15, 0.2) is 83.8 Å². The number of carbonyl (C=O) groups excluding carboxylic acids is 3. The van der Waals surface area contributed by atoms with E-state index in [9.17, 15) is 22.8 Å². The number of hydrogen-bond acceptors (Lipinski definition) is 8. The lowest BCUT2D eigenvalue weighted by Gasteiger charge is -2.29. The molecule has 0 radical (unpaired) electrons. The second-order valence-corrected chi connectivity index (χ2v) is 12.4. The van der Waals surface area contributed by atoms with Gasteiger partial charge in [-0.1, -0.05) is 35.9 Å². The molecule has 6 rings (SSSR count). The number of nitrogens with zero attached hydrogens (tertiary/aromatic N) is 3. The number of carbonyl (C=O) groups is 3. The Labute approximate surface area is 252 Å². The molecule has 1 aliphatic rings. The lowest BCUT2D eigenvalue weighted by molar-refractivity contribution is -0.126. The number of aromatic nitrogens is 2. The number of benzene rings is 3. The van der Waals surface area contributed by atoms with Gasteiger partial charge in [0.05, 0.1) is 30.3 Å². The van der Waals surface area contributed by atoms with Crippen molar-refractivity contribution in [3.8, 4) is 5.75 Å². The van der Waals surface area contributed by atoms with Crippen molar-refractivity contribution in [3.63, 3.8) is 0 Å². The van der Waals surface area contributed by atoms with E-state index in [2.05, 4.69) is 10.3 Å². The summed E-state index contributed by atoms with van der Waals surface area (Å²) in [5.41, 5.74) is 2.46. The number of amides is 2. The average molecular weight is 613 g/mol. The molecule has 0 bridgehead atoms. The standard InChI is InChI=1S/C32H28N4O7S/c1-19-8-14-22(15-9-19)44(40,41)18-33-31(38)30-28-29-24(16-25(34-28)32(39)43-3)23-6-4-5-7-26(23)35(29)17-27(37)36(30)20-10-12-21(42-2)13-11-20/h4-16,30H,17-18H2,1-3H3,(H,33,38). The summed E-state index contributed by atoms with van der Waals surface area (Å²) >= 11 is 0. The minimum absolute atomic E-state index is 0.0423. The van der Waals surface area contributed by atoms with Gasteiger partial charge in [-0.3, -0.25) is 14.5 Å². The highest BCUT2D eigenvalue weighted by Crippen LogP contribution is 2.39. The molecule has 44 heavy (non-hydrogen) atoms. The first-order valence-corrected chi connectivity index (χ1v) is 15.3. The Morgan fingerprint density at radius 1 is 0.977 bits per heavy atom. The number of anilines is 1. The minimum atomic E-state index is -3.93. The first-order chi connectivity index (χ1) is 21.1. The number of nitrogens with one attached hydrogen (secondary N) is 1. The van der Waals surface area contributed by atoms with Gasteiger partial charge in [0.25, 0.3) is 0 Å². The molecule has 2 amide bonds. The first-order valence-electron chi connectivity index (χ1n) is 13.7. The van der Waals surface area contributed by atoms with E-state index in [1.807, 2.05) is 31.2 Å². The number of fused-ring (bicyclic) bond motifs is 3. The van der Waals surface area contributed by atoms with E-state index >= 15 is 0 Å². The highest BCUT2D eigenvalue weighted by Gasteiger charge is 2.40. The Kier molecular flexibility index (Phi) is 7.30. The maximum Gasteiger partial charge on any atom is 0.356 e. The van der Waals surface area contributed by atoms with Crippen molar-refractivity contribution in [1.29, 1.82) is 0 Å². The molecule has 0 saturated heterocycles. The van der Waals surface area contributed by atoms with Gasteiger partial charge in [0.15, 0.2) is 15.9 Å². The fourth-order valence-corrected chi connectivity index (χ4v) is 6.56. The van der Waals surface area contributed by atoms with Gasteiger partial charge in [0, 0.05) is 22.0 Å². The quantitative estimate of drug-likeness (QED) is 0.273. The van der Waals surface area contributed by atoms with Crippen LogP contribution in [0, 0.1) is 6.92 Å². The van der Waals surface area contributed by atoms with Crippen molar-refractivity contribution in [2.45, 2.75) is 24.4 Å². The van der Waals surface area contributed by atoms with Gasteiger partial charge in [-0.05, 0) is 55.5 Å². The smallest absolute Gasteiger partial charge is 0.356 e. The van der Waals surface area contributed by atoms with Crippen molar-refractivity contribution >= 4 is 55.1 Å². The Balaban J connectivity index is 1.55. The molecule has 3 aromatic carbocycles. The van der Waals surface area contributed by atoms with E-state index in [4.69, 9.17) is 9.47 Å². The Morgan fingerprint density at radius 3 is 2.36 bits per heavy atom. The highest BCUT2D eigenvalue weighted by atomic mass is 32.2. The molecule has 0 aliphatic carbocycles. The minimum Gasteiger partial charge on any atom is -0.497 e. The largest absolute Gasteiger partial charge is 0.497 e. The maximum absolute atomic E-state index is 14.2. The third-order valence-corrected chi connectivity index (χ3v) is 9.18. The van der Waals surface area contributed by atoms with E-state index in [0.29, 0.717) is 27.9 Å². The zero-order valence-electron chi connectivity index (χ0n) is 24.1. The first kappa shape index (κ1) is 28.9. The van der Waals surface area contributed by atoms with Gasteiger partial charge in [0.1, 0.15) is 23.9 Å². The zero-order valence-corrected chi connectivity index (χ0v) is 24.9. The van der Waals surface area contributed by atoms with Crippen LogP contribution >= 0.6 is 0 Å². The number of esters is 1. The molecule has 1 N–H and O–H groups in total. The number of rotatable bonds is 7. The van der Waals surface area contributed by atoms with E-state index in [-0.39, 0.29) is 22.8 Å². The van der Waals surface area contributed by atoms with Crippen LogP contribution in [0.3, 0.4) is 0 Å². The number of hydrogen-bond donors (Lipinski definition) is 1. The van der Waals surface area contributed by atoms with Crippen LogP contribution in [0.2, 0.25) is 0 Å². The lowest BCUT2D eigenvalue weighted by atomic mass is 10.0. The molecule has 1 atom stereocenters. The third kappa shape index (κ3) is 4.92. The number of sulfone groups is 1. The van der Waals surface area contributed by atoms with Crippen molar-refractivity contribution in [3.05, 3.63) is 95.8 Å². The summed E-state index contributed by atoms with van der Waals surface area (Å²) in [6, 6.07) is 20.3. The molecule has 0 saturated carbocycles. The van der Waals surface area contributed by atoms with Crippen molar-refractivity contribution in [2.75, 3.05) is 25.0 Å². The molecule has 12 heteroatoms. The van der Waals surface area contributed by atoms with Crippen molar-refractivity contribution < 1.29 is 32.3 Å².